The zero-order valence-electron chi connectivity index (χ0n) is 15.1. The molecular formula is C18H17N5O6. The van der Waals surface area contributed by atoms with Crippen LogP contribution >= 0.6 is 0 Å². The number of para-hydroxylation sites is 1. The van der Waals surface area contributed by atoms with Crippen LogP contribution in [0.25, 0.3) is 0 Å². The van der Waals surface area contributed by atoms with Crippen molar-refractivity contribution in [3.63, 3.8) is 0 Å². The molecular weight excluding hydrogens is 382 g/mol. The summed E-state index contributed by atoms with van der Waals surface area (Å²) in [5.41, 5.74) is 2.34. The fraction of sp³-hybridized carbons (Fsp3) is 0.167. The summed E-state index contributed by atoms with van der Waals surface area (Å²) < 4.78 is 0. The maximum Gasteiger partial charge on any atom is 0.278 e. The van der Waals surface area contributed by atoms with E-state index in [9.17, 15) is 29.8 Å². The normalized spacial score (nSPS) is 10.5. The van der Waals surface area contributed by atoms with Gasteiger partial charge in [0.25, 0.3) is 17.3 Å². The molecule has 0 aliphatic carbocycles. The van der Waals surface area contributed by atoms with Crippen LogP contribution in [-0.2, 0) is 4.79 Å². The molecule has 0 aliphatic rings. The second kappa shape index (κ2) is 10.3. The minimum atomic E-state index is -0.592. The molecule has 2 aromatic rings. The monoisotopic (exact) mass is 399 g/mol. The fourth-order valence-electron chi connectivity index (χ4n) is 2.31. The maximum atomic E-state index is 12.0. The van der Waals surface area contributed by atoms with Gasteiger partial charge in [-0.2, -0.15) is 5.10 Å². The zero-order chi connectivity index (χ0) is 21.2. The molecule has 2 rings (SSSR count). The predicted octanol–water partition coefficient (Wildman–Crippen LogP) is 2.16. The van der Waals surface area contributed by atoms with E-state index in [-0.39, 0.29) is 35.5 Å². The van der Waals surface area contributed by atoms with Crippen LogP contribution in [0, 0.1) is 20.2 Å². The third kappa shape index (κ3) is 6.50. The first-order valence-corrected chi connectivity index (χ1v) is 8.46. The summed E-state index contributed by atoms with van der Waals surface area (Å²) >= 11 is 0. The lowest BCUT2D eigenvalue weighted by Gasteiger charge is -2.05. The lowest BCUT2D eigenvalue weighted by Crippen LogP contribution is -2.26. The molecule has 2 N–H and O–H groups in total. The topological polar surface area (TPSA) is 157 Å². The van der Waals surface area contributed by atoms with Gasteiger partial charge < -0.3 is 5.32 Å². The van der Waals surface area contributed by atoms with Gasteiger partial charge in [-0.1, -0.05) is 18.2 Å². The SMILES string of the molecule is O=C(CCCNC(=O)c1cccc([N+](=O)[O-])c1)NN=Cc1ccccc1[N+](=O)[O-]. The van der Waals surface area contributed by atoms with Gasteiger partial charge in [0.1, 0.15) is 0 Å². The fourth-order valence-corrected chi connectivity index (χ4v) is 2.31. The lowest BCUT2D eigenvalue weighted by atomic mass is 10.2. The Balaban J connectivity index is 1.75. The number of carbonyl (C=O) groups excluding carboxylic acids is 2. The molecule has 2 aromatic carbocycles. The van der Waals surface area contributed by atoms with Crippen molar-refractivity contribution in [2.45, 2.75) is 12.8 Å². The van der Waals surface area contributed by atoms with Crippen molar-refractivity contribution in [3.05, 3.63) is 79.9 Å². The van der Waals surface area contributed by atoms with Crippen LogP contribution in [0.1, 0.15) is 28.8 Å². The number of hydrazone groups is 1. The van der Waals surface area contributed by atoms with Crippen molar-refractivity contribution in [2.75, 3.05) is 6.54 Å². The molecule has 0 heterocycles. The van der Waals surface area contributed by atoms with Crippen LogP contribution in [-0.4, -0.2) is 34.4 Å². The van der Waals surface area contributed by atoms with E-state index in [0.717, 1.165) is 0 Å². The van der Waals surface area contributed by atoms with Crippen molar-refractivity contribution >= 4 is 29.4 Å². The molecule has 0 saturated heterocycles. The number of nitro benzene ring substituents is 2. The molecule has 0 unspecified atom stereocenters. The van der Waals surface area contributed by atoms with Crippen molar-refractivity contribution in [2.24, 2.45) is 5.10 Å². The van der Waals surface area contributed by atoms with Gasteiger partial charge in [0, 0.05) is 36.7 Å². The third-order valence-electron chi connectivity index (χ3n) is 3.71. The minimum absolute atomic E-state index is 0.0590. The quantitative estimate of drug-likeness (QED) is 0.285. The van der Waals surface area contributed by atoms with Gasteiger partial charge in [-0.3, -0.25) is 29.8 Å². The number of nitrogens with zero attached hydrogens (tertiary/aromatic N) is 3. The highest BCUT2D eigenvalue weighted by Crippen LogP contribution is 2.15. The second-order valence-corrected chi connectivity index (χ2v) is 5.78. The summed E-state index contributed by atoms with van der Waals surface area (Å²) in [6, 6.07) is 11.3. The summed E-state index contributed by atoms with van der Waals surface area (Å²) in [4.78, 5) is 44.2. The number of benzene rings is 2. The minimum Gasteiger partial charge on any atom is -0.352 e. The van der Waals surface area contributed by atoms with E-state index in [1.807, 2.05) is 0 Å². The number of carbonyl (C=O) groups is 2. The smallest absolute Gasteiger partial charge is 0.278 e. The van der Waals surface area contributed by atoms with Gasteiger partial charge in [-0.05, 0) is 18.6 Å². The maximum absolute atomic E-state index is 12.0. The van der Waals surface area contributed by atoms with Crippen LogP contribution in [0.5, 0.6) is 0 Å². The van der Waals surface area contributed by atoms with E-state index in [0.29, 0.717) is 6.42 Å². The number of non-ortho nitro benzene ring substituents is 1. The molecule has 0 fully saturated rings. The largest absolute Gasteiger partial charge is 0.352 e. The Kier molecular flexibility index (Phi) is 7.48. The van der Waals surface area contributed by atoms with Gasteiger partial charge in [0.2, 0.25) is 5.91 Å². The molecule has 2 amide bonds. The van der Waals surface area contributed by atoms with Crippen LogP contribution in [0.4, 0.5) is 11.4 Å². The molecule has 0 radical (unpaired) electrons. The zero-order valence-corrected chi connectivity index (χ0v) is 15.1. The summed E-state index contributed by atoms with van der Waals surface area (Å²) in [5.74, 6) is -0.909. The number of hydrogen-bond acceptors (Lipinski definition) is 7. The molecule has 0 bridgehead atoms. The number of nitrogens with one attached hydrogen (secondary N) is 2. The number of amides is 2. The highest BCUT2D eigenvalue weighted by atomic mass is 16.6. The van der Waals surface area contributed by atoms with Crippen molar-refractivity contribution in [1.29, 1.82) is 0 Å². The van der Waals surface area contributed by atoms with E-state index in [1.165, 1.54) is 48.7 Å². The Hall–Kier alpha value is -4.15. The highest BCUT2D eigenvalue weighted by molar-refractivity contribution is 5.94. The Morgan fingerprint density at radius 3 is 2.52 bits per heavy atom. The van der Waals surface area contributed by atoms with E-state index in [2.05, 4.69) is 15.8 Å². The molecule has 0 atom stereocenters. The average molecular weight is 399 g/mol. The van der Waals surface area contributed by atoms with Crippen LogP contribution in [0.15, 0.2) is 53.6 Å². The summed E-state index contributed by atoms with van der Waals surface area (Å²) in [6.07, 6.45) is 1.55. The van der Waals surface area contributed by atoms with Gasteiger partial charge in [-0.15, -0.1) is 0 Å². The van der Waals surface area contributed by atoms with E-state index in [1.54, 1.807) is 6.07 Å². The van der Waals surface area contributed by atoms with Crippen LogP contribution < -0.4 is 10.7 Å². The Morgan fingerprint density at radius 1 is 1.03 bits per heavy atom. The average Bonchev–Trinajstić information content (AvgIpc) is 2.71. The third-order valence-corrected chi connectivity index (χ3v) is 3.71. The van der Waals surface area contributed by atoms with E-state index < -0.39 is 21.7 Å². The van der Waals surface area contributed by atoms with Crippen LogP contribution in [0.2, 0.25) is 0 Å². The van der Waals surface area contributed by atoms with E-state index in [4.69, 9.17) is 0 Å². The molecule has 150 valence electrons. The molecule has 0 spiro atoms. The first kappa shape index (κ1) is 21.2. The summed E-state index contributed by atoms with van der Waals surface area (Å²) in [5, 5.41) is 27.9. The molecule has 0 saturated carbocycles. The van der Waals surface area contributed by atoms with E-state index >= 15 is 0 Å². The molecule has 0 aliphatic heterocycles. The second-order valence-electron chi connectivity index (χ2n) is 5.78. The van der Waals surface area contributed by atoms with Gasteiger partial charge in [-0.25, -0.2) is 5.43 Å². The Bertz CT molecular complexity index is 959. The summed E-state index contributed by atoms with van der Waals surface area (Å²) in [6.45, 7) is 0.183. The first-order valence-electron chi connectivity index (χ1n) is 8.46. The Labute approximate surface area is 164 Å². The van der Waals surface area contributed by atoms with Crippen molar-refractivity contribution in [1.82, 2.24) is 10.7 Å². The molecule has 11 nitrogen and oxygen atoms in total. The first-order chi connectivity index (χ1) is 13.9. The van der Waals surface area contributed by atoms with Crippen molar-refractivity contribution < 1.29 is 19.4 Å². The molecule has 29 heavy (non-hydrogen) atoms. The Morgan fingerprint density at radius 2 is 1.79 bits per heavy atom. The number of rotatable bonds is 9. The standard InChI is InChI=1S/C18H17N5O6/c24-17(21-20-12-14-5-1-2-8-16(14)23(28)29)9-4-10-19-18(25)13-6-3-7-15(11-13)22(26)27/h1-3,5-8,11-12H,4,9-10H2,(H,19,25)(H,21,24). The van der Waals surface area contributed by atoms with Crippen LogP contribution in [0.3, 0.4) is 0 Å². The predicted molar refractivity (Wildman–Crippen MR) is 103 cm³/mol. The number of hydrogen-bond donors (Lipinski definition) is 2. The molecule has 0 aromatic heterocycles. The highest BCUT2D eigenvalue weighted by Gasteiger charge is 2.12. The lowest BCUT2D eigenvalue weighted by molar-refractivity contribution is -0.385. The van der Waals surface area contributed by atoms with Gasteiger partial charge in [0.05, 0.1) is 21.6 Å². The number of nitro groups is 2. The van der Waals surface area contributed by atoms with Gasteiger partial charge in [0.15, 0.2) is 0 Å². The van der Waals surface area contributed by atoms with Gasteiger partial charge >= 0.3 is 0 Å². The molecule has 11 heteroatoms. The van der Waals surface area contributed by atoms with Crippen molar-refractivity contribution in [3.8, 4) is 0 Å². The summed E-state index contributed by atoms with van der Waals surface area (Å²) in [7, 11) is 0.